The average Bonchev–Trinajstić information content (AvgIpc) is 2.78. The van der Waals surface area contributed by atoms with Gasteiger partial charge < -0.3 is 10.6 Å². The molecule has 1 atom stereocenters. The van der Waals surface area contributed by atoms with Gasteiger partial charge in [0, 0.05) is 12.2 Å². The van der Waals surface area contributed by atoms with Crippen molar-refractivity contribution in [3.8, 4) is 0 Å². The van der Waals surface area contributed by atoms with E-state index in [1.807, 2.05) is 25.1 Å². The molecular formula is C16H24N2O3S. The number of carbonyl (C=O) groups excluding carboxylic acids is 1. The molecule has 0 radical (unpaired) electrons. The summed E-state index contributed by atoms with van der Waals surface area (Å²) in [6, 6.07) is 5.68. The van der Waals surface area contributed by atoms with E-state index < -0.39 is 9.84 Å². The van der Waals surface area contributed by atoms with Gasteiger partial charge in [0.15, 0.2) is 9.84 Å². The fourth-order valence-electron chi connectivity index (χ4n) is 2.77. The van der Waals surface area contributed by atoms with Crippen LogP contribution in [0.1, 0.15) is 37.3 Å². The predicted molar refractivity (Wildman–Crippen MR) is 89.1 cm³/mol. The maximum absolute atomic E-state index is 12.1. The van der Waals surface area contributed by atoms with Crippen LogP contribution < -0.4 is 10.6 Å². The van der Waals surface area contributed by atoms with E-state index in [4.69, 9.17) is 0 Å². The minimum absolute atomic E-state index is 0.0252. The standard InChI is InChI=1S/C16H24N2O3S/c1-11(2)14-6-4-5-12(3)15(14)18-16(19)17-9-13-7-8-22(20,21)10-13/h4-6,11,13H,7-10H2,1-3H3,(H2,17,18,19). The molecule has 1 unspecified atom stereocenters. The van der Waals surface area contributed by atoms with Gasteiger partial charge in [-0.05, 0) is 36.3 Å². The summed E-state index contributed by atoms with van der Waals surface area (Å²) in [6.07, 6.45) is 0.629. The van der Waals surface area contributed by atoms with E-state index >= 15 is 0 Å². The molecule has 0 aromatic heterocycles. The number of rotatable bonds is 4. The topological polar surface area (TPSA) is 75.3 Å². The van der Waals surface area contributed by atoms with Gasteiger partial charge >= 0.3 is 6.03 Å². The SMILES string of the molecule is Cc1cccc(C(C)C)c1NC(=O)NCC1CCS(=O)(=O)C1. The zero-order chi connectivity index (χ0) is 16.3. The molecule has 5 nitrogen and oxygen atoms in total. The summed E-state index contributed by atoms with van der Waals surface area (Å²) < 4.78 is 22.8. The van der Waals surface area contributed by atoms with E-state index in [1.165, 1.54) is 0 Å². The third kappa shape index (κ3) is 4.22. The molecule has 22 heavy (non-hydrogen) atoms. The lowest BCUT2D eigenvalue weighted by Gasteiger charge is -2.17. The Morgan fingerprint density at radius 1 is 1.36 bits per heavy atom. The van der Waals surface area contributed by atoms with Crippen molar-refractivity contribution in [3.05, 3.63) is 29.3 Å². The molecular weight excluding hydrogens is 300 g/mol. The molecule has 0 saturated carbocycles. The molecule has 1 aliphatic rings. The first kappa shape index (κ1) is 16.8. The summed E-state index contributed by atoms with van der Waals surface area (Å²) >= 11 is 0. The van der Waals surface area contributed by atoms with Crippen molar-refractivity contribution in [3.63, 3.8) is 0 Å². The van der Waals surface area contributed by atoms with Crippen LogP contribution >= 0.6 is 0 Å². The third-order valence-electron chi connectivity index (χ3n) is 4.04. The van der Waals surface area contributed by atoms with E-state index in [0.29, 0.717) is 18.9 Å². The molecule has 1 aliphatic heterocycles. The molecule has 0 aliphatic carbocycles. The summed E-state index contributed by atoms with van der Waals surface area (Å²) in [5.74, 6) is 0.748. The predicted octanol–water partition coefficient (Wildman–Crippen LogP) is 2.67. The van der Waals surface area contributed by atoms with Crippen molar-refractivity contribution >= 4 is 21.6 Å². The molecule has 1 aromatic carbocycles. The molecule has 6 heteroatoms. The van der Waals surface area contributed by atoms with Gasteiger partial charge in [-0.15, -0.1) is 0 Å². The van der Waals surface area contributed by atoms with Crippen molar-refractivity contribution in [2.75, 3.05) is 23.4 Å². The highest BCUT2D eigenvalue weighted by atomic mass is 32.2. The van der Waals surface area contributed by atoms with Crippen LogP contribution in [0.4, 0.5) is 10.5 Å². The summed E-state index contributed by atoms with van der Waals surface area (Å²) in [4.78, 5) is 12.1. The van der Waals surface area contributed by atoms with E-state index in [1.54, 1.807) is 0 Å². The number of amides is 2. The fourth-order valence-corrected chi connectivity index (χ4v) is 4.63. The number of aryl methyl sites for hydroxylation is 1. The highest BCUT2D eigenvalue weighted by Gasteiger charge is 2.28. The Hall–Kier alpha value is -1.56. The lowest BCUT2D eigenvalue weighted by atomic mass is 9.98. The van der Waals surface area contributed by atoms with Crippen LogP contribution in [0.25, 0.3) is 0 Å². The van der Waals surface area contributed by atoms with Crippen molar-refractivity contribution in [1.29, 1.82) is 0 Å². The number of hydrogen-bond donors (Lipinski definition) is 2. The Morgan fingerprint density at radius 3 is 2.68 bits per heavy atom. The molecule has 2 N–H and O–H groups in total. The first-order valence-electron chi connectivity index (χ1n) is 7.63. The Balaban J connectivity index is 1.95. The first-order valence-corrected chi connectivity index (χ1v) is 9.45. The number of anilines is 1. The van der Waals surface area contributed by atoms with Gasteiger partial charge in [0.25, 0.3) is 0 Å². The van der Waals surface area contributed by atoms with E-state index in [2.05, 4.69) is 24.5 Å². The molecule has 2 rings (SSSR count). The Bertz CT molecular complexity index is 653. The molecule has 0 bridgehead atoms. The number of sulfone groups is 1. The Kier molecular flexibility index (Phi) is 5.11. The van der Waals surface area contributed by atoms with E-state index in [-0.39, 0.29) is 23.5 Å². The smallest absolute Gasteiger partial charge is 0.319 e. The number of carbonyl (C=O) groups is 1. The number of nitrogens with one attached hydrogen (secondary N) is 2. The lowest BCUT2D eigenvalue weighted by Crippen LogP contribution is -2.34. The molecule has 122 valence electrons. The minimum Gasteiger partial charge on any atom is -0.338 e. The maximum atomic E-state index is 12.1. The van der Waals surface area contributed by atoms with E-state index in [0.717, 1.165) is 16.8 Å². The molecule has 2 amide bonds. The summed E-state index contributed by atoms with van der Waals surface area (Å²) in [6.45, 7) is 6.53. The molecule has 1 heterocycles. The zero-order valence-electron chi connectivity index (χ0n) is 13.3. The van der Waals surface area contributed by atoms with Gasteiger partial charge in [0.2, 0.25) is 0 Å². The largest absolute Gasteiger partial charge is 0.338 e. The third-order valence-corrected chi connectivity index (χ3v) is 5.88. The van der Waals surface area contributed by atoms with Gasteiger partial charge in [0.1, 0.15) is 0 Å². The van der Waals surface area contributed by atoms with Crippen LogP contribution in [0.15, 0.2) is 18.2 Å². The van der Waals surface area contributed by atoms with Gasteiger partial charge in [-0.1, -0.05) is 32.0 Å². The highest BCUT2D eigenvalue weighted by Crippen LogP contribution is 2.27. The number of para-hydroxylation sites is 1. The van der Waals surface area contributed by atoms with Crippen molar-refractivity contribution < 1.29 is 13.2 Å². The minimum atomic E-state index is -2.90. The lowest BCUT2D eigenvalue weighted by molar-refractivity contribution is 0.250. The first-order chi connectivity index (χ1) is 10.3. The fraction of sp³-hybridized carbons (Fsp3) is 0.562. The van der Waals surface area contributed by atoms with Crippen LogP contribution in [0.3, 0.4) is 0 Å². The van der Waals surface area contributed by atoms with E-state index in [9.17, 15) is 13.2 Å². The summed E-state index contributed by atoms with van der Waals surface area (Å²) in [7, 11) is -2.90. The number of hydrogen-bond acceptors (Lipinski definition) is 3. The van der Waals surface area contributed by atoms with Crippen LogP contribution in [-0.4, -0.2) is 32.5 Å². The van der Waals surface area contributed by atoms with Crippen LogP contribution in [0.5, 0.6) is 0 Å². The van der Waals surface area contributed by atoms with Crippen molar-refractivity contribution in [2.24, 2.45) is 5.92 Å². The normalized spacial score (nSPS) is 20.1. The van der Waals surface area contributed by atoms with Crippen LogP contribution in [0, 0.1) is 12.8 Å². The monoisotopic (exact) mass is 324 g/mol. The Morgan fingerprint density at radius 2 is 2.09 bits per heavy atom. The quantitative estimate of drug-likeness (QED) is 0.894. The van der Waals surface area contributed by atoms with Crippen molar-refractivity contribution in [1.82, 2.24) is 5.32 Å². The van der Waals surface area contributed by atoms with Gasteiger partial charge in [-0.3, -0.25) is 0 Å². The summed E-state index contributed by atoms with van der Waals surface area (Å²) in [5, 5.41) is 5.70. The zero-order valence-corrected chi connectivity index (χ0v) is 14.2. The molecule has 1 fully saturated rings. The number of benzene rings is 1. The second kappa shape index (κ2) is 6.69. The molecule has 1 aromatic rings. The second-order valence-corrected chi connectivity index (χ2v) is 8.53. The van der Waals surface area contributed by atoms with Gasteiger partial charge in [-0.25, -0.2) is 13.2 Å². The second-order valence-electron chi connectivity index (χ2n) is 6.30. The Labute approximate surface area is 132 Å². The molecule has 1 saturated heterocycles. The van der Waals surface area contributed by atoms with Crippen LogP contribution in [0.2, 0.25) is 0 Å². The van der Waals surface area contributed by atoms with Gasteiger partial charge in [-0.2, -0.15) is 0 Å². The maximum Gasteiger partial charge on any atom is 0.319 e. The average molecular weight is 324 g/mol. The molecule has 0 spiro atoms. The highest BCUT2D eigenvalue weighted by molar-refractivity contribution is 7.91. The van der Waals surface area contributed by atoms with Crippen LogP contribution in [-0.2, 0) is 9.84 Å². The number of urea groups is 1. The van der Waals surface area contributed by atoms with Crippen molar-refractivity contribution in [2.45, 2.75) is 33.1 Å². The van der Waals surface area contributed by atoms with Gasteiger partial charge in [0.05, 0.1) is 11.5 Å². The summed E-state index contributed by atoms with van der Waals surface area (Å²) in [5.41, 5.74) is 2.96.